The highest BCUT2D eigenvalue weighted by Gasteiger charge is 2.14. The molecule has 0 fully saturated rings. The standard InChI is InChI=1S/C20H24N4O5/c1-3-9-24-19(27)18-16(23(2)20(24)28)11-15(22-18)13-4-6-14(7-5-13)29-12-17(26)21-8-10-25/h4-7,11,22,25H,3,8-10,12H2,1-2H3,(H,21,26)/i1T3,3T2. The Morgan fingerprint density at radius 3 is 2.79 bits per heavy atom. The summed E-state index contributed by atoms with van der Waals surface area (Å²) in [6, 6.07) is 8.16. The SMILES string of the molecule is [3H]C([3H])([3H])C([3H])([3H])Cn1c(=O)c2[nH]c(-c3ccc(OCC(=O)NCCO)cc3)cc2n(C)c1=O. The minimum absolute atomic E-state index is 0.0272. The van der Waals surface area contributed by atoms with Crippen LogP contribution in [0.15, 0.2) is 39.9 Å². The van der Waals surface area contributed by atoms with Crippen LogP contribution < -0.4 is 21.3 Å². The maximum absolute atomic E-state index is 12.9. The number of aromatic amines is 1. The molecule has 0 radical (unpaired) electrons. The van der Waals surface area contributed by atoms with Gasteiger partial charge in [-0.3, -0.25) is 18.7 Å². The van der Waals surface area contributed by atoms with E-state index in [4.69, 9.17) is 16.7 Å². The number of benzene rings is 1. The van der Waals surface area contributed by atoms with Crippen LogP contribution >= 0.6 is 0 Å². The molecular formula is C20H24N4O5. The number of rotatable bonds is 8. The molecule has 3 rings (SSSR count). The largest absolute Gasteiger partial charge is 0.484 e. The summed E-state index contributed by atoms with van der Waals surface area (Å²) in [5.74, 6) is 0.0365. The third-order valence-electron chi connectivity index (χ3n) is 4.34. The first-order valence-electron chi connectivity index (χ1n) is 11.3. The number of aromatic nitrogens is 3. The van der Waals surface area contributed by atoms with Crippen molar-refractivity contribution in [2.24, 2.45) is 7.05 Å². The van der Waals surface area contributed by atoms with Gasteiger partial charge < -0.3 is 20.1 Å². The van der Waals surface area contributed by atoms with Gasteiger partial charge in [0.1, 0.15) is 11.3 Å². The number of H-pyrrole nitrogens is 1. The summed E-state index contributed by atoms with van der Waals surface area (Å²) in [4.78, 5) is 40.1. The molecule has 0 spiro atoms. The van der Waals surface area contributed by atoms with Gasteiger partial charge in [0.25, 0.3) is 11.5 Å². The van der Waals surface area contributed by atoms with Crippen molar-refractivity contribution in [1.29, 1.82) is 0 Å². The molecule has 3 N–H and O–H groups in total. The molecule has 0 bridgehead atoms. The quantitative estimate of drug-likeness (QED) is 0.502. The number of aliphatic hydroxyl groups is 1. The van der Waals surface area contributed by atoms with E-state index < -0.39 is 31.0 Å². The fourth-order valence-corrected chi connectivity index (χ4v) is 2.88. The van der Waals surface area contributed by atoms with Crippen molar-refractivity contribution in [1.82, 2.24) is 19.4 Å². The zero-order valence-corrected chi connectivity index (χ0v) is 15.7. The van der Waals surface area contributed by atoms with Crippen LogP contribution in [-0.4, -0.2) is 44.9 Å². The third kappa shape index (κ3) is 4.24. The highest BCUT2D eigenvalue weighted by molar-refractivity contribution is 5.82. The van der Waals surface area contributed by atoms with Gasteiger partial charge in [-0.15, -0.1) is 0 Å². The van der Waals surface area contributed by atoms with E-state index in [1.807, 2.05) is 0 Å². The second kappa shape index (κ2) is 8.78. The molecule has 29 heavy (non-hydrogen) atoms. The van der Waals surface area contributed by atoms with Gasteiger partial charge in [-0.25, -0.2) is 4.79 Å². The van der Waals surface area contributed by atoms with Crippen molar-refractivity contribution in [2.75, 3.05) is 19.8 Å². The first-order chi connectivity index (χ1) is 15.9. The van der Waals surface area contributed by atoms with Crippen molar-refractivity contribution in [2.45, 2.75) is 19.8 Å². The van der Waals surface area contributed by atoms with Gasteiger partial charge in [0.2, 0.25) is 0 Å². The number of hydrogen-bond donors (Lipinski definition) is 3. The van der Waals surface area contributed by atoms with E-state index in [1.54, 1.807) is 30.3 Å². The Kier molecular flexibility index (Phi) is 4.43. The second-order valence-corrected chi connectivity index (χ2v) is 6.24. The Balaban J connectivity index is 1.90. The Morgan fingerprint density at radius 1 is 1.34 bits per heavy atom. The molecule has 154 valence electrons. The normalized spacial score (nSPS) is 14.5. The van der Waals surface area contributed by atoms with Crippen LogP contribution in [0.25, 0.3) is 22.3 Å². The summed E-state index contributed by atoms with van der Waals surface area (Å²) in [5.41, 5.74) is -0.225. The minimum Gasteiger partial charge on any atom is -0.484 e. The molecule has 2 aromatic heterocycles. The third-order valence-corrected chi connectivity index (χ3v) is 4.34. The smallest absolute Gasteiger partial charge is 0.331 e. The van der Waals surface area contributed by atoms with E-state index in [1.165, 1.54) is 7.05 Å². The van der Waals surface area contributed by atoms with Crippen LogP contribution in [0.4, 0.5) is 0 Å². The maximum atomic E-state index is 12.9. The molecule has 1 amide bonds. The van der Waals surface area contributed by atoms with Crippen molar-refractivity contribution >= 4 is 16.9 Å². The molecule has 0 atom stereocenters. The summed E-state index contributed by atoms with van der Waals surface area (Å²) < 4.78 is 44.7. The fourth-order valence-electron chi connectivity index (χ4n) is 2.88. The lowest BCUT2D eigenvalue weighted by Gasteiger charge is -2.07. The molecule has 0 saturated carbocycles. The van der Waals surface area contributed by atoms with Gasteiger partial charge in [-0.1, -0.05) is 6.85 Å². The molecule has 1 aromatic carbocycles. The van der Waals surface area contributed by atoms with Crippen LogP contribution in [0.2, 0.25) is 0 Å². The summed E-state index contributed by atoms with van der Waals surface area (Å²) >= 11 is 0. The average Bonchev–Trinajstić information content (AvgIpc) is 3.23. The Morgan fingerprint density at radius 2 is 2.10 bits per heavy atom. The number of amides is 1. The van der Waals surface area contributed by atoms with Crippen LogP contribution in [-0.2, 0) is 18.4 Å². The lowest BCUT2D eigenvalue weighted by atomic mass is 10.1. The number of nitrogens with zero attached hydrogens (tertiary/aromatic N) is 2. The predicted octanol–water partition coefficient (Wildman–Crippen LogP) is 0.593. The number of carbonyl (C=O) groups excluding carboxylic acids is 1. The van der Waals surface area contributed by atoms with Crippen molar-refractivity contribution in [3.8, 4) is 17.0 Å². The summed E-state index contributed by atoms with van der Waals surface area (Å²) in [7, 11) is 1.40. The van der Waals surface area contributed by atoms with Gasteiger partial charge in [0.05, 0.1) is 12.1 Å². The Labute approximate surface area is 173 Å². The fraction of sp³-hybridized carbons (Fsp3) is 0.350. The van der Waals surface area contributed by atoms with E-state index in [9.17, 15) is 14.4 Å². The van der Waals surface area contributed by atoms with Crippen molar-refractivity contribution < 1.29 is 21.5 Å². The molecule has 9 nitrogen and oxygen atoms in total. The highest BCUT2D eigenvalue weighted by Crippen LogP contribution is 2.24. The highest BCUT2D eigenvalue weighted by atomic mass is 16.5. The summed E-state index contributed by atoms with van der Waals surface area (Å²) in [6.07, 6.45) is -2.78. The Bertz CT molecular complexity index is 1310. The van der Waals surface area contributed by atoms with Gasteiger partial charge in [-0.2, -0.15) is 0 Å². The molecule has 2 heterocycles. The zero-order valence-electron chi connectivity index (χ0n) is 20.7. The lowest BCUT2D eigenvalue weighted by molar-refractivity contribution is -0.123. The number of hydrogen-bond acceptors (Lipinski definition) is 5. The first-order valence-corrected chi connectivity index (χ1v) is 8.79. The van der Waals surface area contributed by atoms with Crippen molar-refractivity contribution in [3.63, 3.8) is 0 Å². The molecule has 0 aliphatic heterocycles. The molecule has 9 heteroatoms. The first kappa shape index (κ1) is 14.6. The Hall–Kier alpha value is -3.33. The van der Waals surface area contributed by atoms with Crippen LogP contribution in [0.1, 0.15) is 20.1 Å². The van der Waals surface area contributed by atoms with Crippen LogP contribution in [0.3, 0.4) is 0 Å². The van der Waals surface area contributed by atoms with Gasteiger partial charge in [0, 0.05) is 32.7 Å². The average molecular weight is 410 g/mol. The predicted molar refractivity (Wildman–Crippen MR) is 109 cm³/mol. The topological polar surface area (TPSA) is 118 Å². The number of ether oxygens (including phenoxy) is 1. The van der Waals surface area contributed by atoms with E-state index in [0.717, 1.165) is 4.57 Å². The van der Waals surface area contributed by atoms with Gasteiger partial charge in [0.15, 0.2) is 6.61 Å². The molecule has 0 aliphatic carbocycles. The number of carbonyl (C=O) groups is 1. The van der Waals surface area contributed by atoms with E-state index in [-0.39, 0.29) is 36.7 Å². The van der Waals surface area contributed by atoms with E-state index in [0.29, 0.717) is 21.6 Å². The summed E-state index contributed by atoms with van der Waals surface area (Å²) in [6.45, 7) is -4.20. The second-order valence-electron chi connectivity index (χ2n) is 6.24. The number of aryl methyl sites for hydroxylation is 1. The molecular weight excluding hydrogens is 376 g/mol. The molecule has 0 unspecified atom stereocenters. The lowest BCUT2D eigenvalue weighted by Crippen LogP contribution is -2.38. The van der Waals surface area contributed by atoms with Crippen LogP contribution in [0, 0.1) is 0 Å². The molecule has 3 aromatic rings. The van der Waals surface area contributed by atoms with E-state index >= 15 is 0 Å². The van der Waals surface area contributed by atoms with Crippen LogP contribution in [0.5, 0.6) is 5.75 Å². The number of aliphatic hydroxyl groups excluding tert-OH is 1. The van der Waals surface area contributed by atoms with Crippen molar-refractivity contribution in [3.05, 3.63) is 51.2 Å². The monoisotopic (exact) mass is 410 g/mol. The zero-order chi connectivity index (χ0) is 25.3. The number of nitrogens with one attached hydrogen (secondary N) is 2. The number of fused-ring (bicyclic) bond motifs is 1. The maximum Gasteiger partial charge on any atom is 0.331 e. The summed E-state index contributed by atoms with van der Waals surface area (Å²) in [5, 5.41) is 11.2. The van der Waals surface area contributed by atoms with Gasteiger partial charge >= 0.3 is 5.69 Å². The molecule has 0 saturated heterocycles. The van der Waals surface area contributed by atoms with E-state index in [2.05, 4.69) is 10.3 Å². The minimum atomic E-state index is -3.02. The molecule has 0 aliphatic rings. The van der Waals surface area contributed by atoms with Gasteiger partial charge in [-0.05, 0) is 42.3 Å².